The quantitative estimate of drug-likeness (QED) is 0.591. The van der Waals surface area contributed by atoms with Crippen LogP contribution in [-0.4, -0.2) is 47.5 Å². The molecule has 0 atom stereocenters. The van der Waals surface area contributed by atoms with Crippen molar-refractivity contribution in [3.63, 3.8) is 0 Å². The Labute approximate surface area is 161 Å². The topological polar surface area (TPSA) is 117 Å². The molecule has 0 saturated heterocycles. The van der Waals surface area contributed by atoms with Crippen molar-refractivity contribution in [1.82, 2.24) is 18.9 Å². The first-order chi connectivity index (χ1) is 13.6. The number of hydrogen-bond donors (Lipinski definition) is 1. The SMILES string of the molecule is COc1nc(OCC(F)F)c(F)cc1NS(=O)(=O)c1cnc2c(=O)n(C)ccn12. The Bertz CT molecular complexity index is 1230. The first-order valence-corrected chi connectivity index (χ1v) is 9.33. The zero-order valence-corrected chi connectivity index (χ0v) is 15.8. The Morgan fingerprint density at radius 3 is 2.66 bits per heavy atom. The van der Waals surface area contributed by atoms with Crippen molar-refractivity contribution >= 4 is 21.4 Å². The minimum absolute atomic E-state index is 0.137. The zero-order valence-electron chi connectivity index (χ0n) is 15.0. The number of nitrogens with zero attached hydrogens (tertiary/aromatic N) is 4. The lowest BCUT2D eigenvalue weighted by atomic mass is 10.4. The molecule has 0 aromatic carbocycles. The maximum absolute atomic E-state index is 14.1. The van der Waals surface area contributed by atoms with Crippen molar-refractivity contribution in [1.29, 1.82) is 0 Å². The standard InChI is InChI=1S/C15H14F3N5O5S/c1-22-3-4-23-11(6-19-12(23)15(22)24)29(25,26)21-9-5-8(16)13(20-14(9)27-2)28-7-10(17)18/h3-6,10,21H,7H2,1-2H3. The van der Waals surface area contributed by atoms with Gasteiger partial charge in [-0.25, -0.2) is 18.2 Å². The van der Waals surface area contributed by atoms with E-state index in [9.17, 15) is 26.4 Å². The largest absolute Gasteiger partial charge is 0.479 e. The predicted octanol–water partition coefficient (Wildman–Crippen LogP) is 1.02. The summed E-state index contributed by atoms with van der Waals surface area (Å²) in [6.45, 7) is -1.10. The fourth-order valence-electron chi connectivity index (χ4n) is 2.36. The first-order valence-electron chi connectivity index (χ1n) is 7.85. The van der Waals surface area contributed by atoms with Crippen LogP contribution in [0.25, 0.3) is 5.65 Å². The molecule has 3 rings (SSSR count). The second kappa shape index (κ2) is 7.62. The fourth-order valence-corrected chi connectivity index (χ4v) is 3.50. The van der Waals surface area contributed by atoms with E-state index in [0.29, 0.717) is 6.07 Å². The number of nitrogens with one attached hydrogen (secondary N) is 1. The second-order valence-corrected chi connectivity index (χ2v) is 7.27. The van der Waals surface area contributed by atoms with Gasteiger partial charge in [0.1, 0.15) is 5.69 Å². The smallest absolute Gasteiger partial charge is 0.293 e. The van der Waals surface area contributed by atoms with Crippen molar-refractivity contribution in [2.75, 3.05) is 18.4 Å². The van der Waals surface area contributed by atoms with E-state index in [-0.39, 0.29) is 5.65 Å². The van der Waals surface area contributed by atoms with E-state index in [4.69, 9.17) is 4.74 Å². The molecule has 0 unspecified atom stereocenters. The van der Waals surface area contributed by atoms with Crippen molar-refractivity contribution in [3.05, 3.63) is 40.8 Å². The van der Waals surface area contributed by atoms with Crippen molar-refractivity contribution in [2.24, 2.45) is 7.05 Å². The fraction of sp³-hybridized carbons (Fsp3) is 0.267. The number of anilines is 1. The Hall–Kier alpha value is -3.29. The summed E-state index contributed by atoms with van der Waals surface area (Å²) >= 11 is 0. The third-order valence-electron chi connectivity index (χ3n) is 3.68. The Morgan fingerprint density at radius 2 is 2.00 bits per heavy atom. The van der Waals surface area contributed by atoms with Gasteiger partial charge < -0.3 is 14.0 Å². The lowest BCUT2D eigenvalue weighted by Gasteiger charge is -2.13. The molecule has 3 aromatic rings. The van der Waals surface area contributed by atoms with Crippen LogP contribution < -0.4 is 19.8 Å². The van der Waals surface area contributed by atoms with E-state index < -0.39 is 56.9 Å². The molecule has 10 nitrogen and oxygen atoms in total. The zero-order chi connectivity index (χ0) is 21.3. The number of pyridine rings is 1. The summed E-state index contributed by atoms with van der Waals surface area (Å²) in [5.41, 5.74) is -1.07. The number of ether oxygens (including phenoxy) is 2. The average molecular weight is 433 g/mol. The third-order valence-corrected chi connectivity index (χ3v) is 5.02. The lowest BCUT2D eigenvalue weighted by Crippen LogP contribution is -2.21. The summed E-state index contributed by atoms with van der Waals surface area (Å²) in [7, 11) is -1.77. The molecular formula is C15H14F3N5O5S. The molecule has 0 aliphatic heterocycles. The summed E-state index contributed by atoms with van der Waals surface area (Å²) in [5, 5.41) is -0.398. The van der Waals surface area contributed by atoms with Crippen LogP contribution in [0.5, 0.6) is 11.8 Å². The number of hydrogen-bond acceptors (Lipinski definition) is 7. The summed E-state index contributed by atoms with van der Waals surface area (Å²) in [6.07, 6.45) is 0.751. The summed E-state index contributed by atoms with van der Waals surface area (Å²) in [5.74, 6) is -2.37. The number of sulfonamides is 1. The number of aryl methyl sites for hydroxylation is 1. The molecule has 0 fully saturated rings. The number of rotatable bonds is 7. The van der Waals surface area contributed by atoms with Crippen molar-refractivity contribution < 1.29 is 31.1 Å². The van der Waals surface area contributed by atoms with E-state index in [1.807, 2.05) is 0 Å². The molecule has 3 heterocycles. The minimum atomic E-state index is -4.36. The van der Waals surface area contributed by atoms with Gasteiger partial charge in [0.15, 0.2) is 17.5 Å². The van der Waals surface area contributed by atoms with E-state index in [0.717, 1.165) is 17.7 Å². The van der Waals surface area contributed by atoms with Crippen LogP contribution in [0.4, 0.5) is 18.9 Å². The van der Waals surface area contributed by atoms with Gasteiger partial charge in [-0.15, -0.1) is 0 Å². The highest BCUT2D eigenvalue weighted by Crippen LogP contribution is 2.30. The first kappa shape index (κ1) is 20.4. The number of fused-ring (bicyclic) bond motifs is 1. The number of aromatic nitrogens is 4. The molecular weight excluding hydrogens is 419 g/mol. The van der Waals surface area contributed by atoms with Crippen LogP contribution in [0.2, 0.25) is 0 Å². The van der Waals surface area contributed by atoms with Gasteiger partial charge in [-0.1, -0.05) is 0 Å². The van der Waals surface area contributed by atoms with E-state index >= 15 is 0 Å². The number of alkyl halides is 2. The number of halogens is 3. The second-order valence-electron chi connectivity index (χ2n) is 5.64. The lowest BCUT2D eigenvalue weighted by molar-refractivity contribution is 0.0770. The highest BCUT2D eigenvalue weighted by atomic mass is 32.2. The molecule has 0 aliphatic rings. The average Bonchev–Trinajstić information content (AvgIpc) is 3.09. The Balaban J connectivity index is 2.00. The molecule has 3 aromatic heterocycles. The Kier molecular flexibility index (Phi) is 5.37. The summed E-state index contributed by atoms with van der Waals surface area (Å²) in [6, 6.07) is 0.673. The number of imidazole rings is 1. The molecule has 29 heavy (non-hydrogen) atoms. The Morgan fingerprint density at radius 1 is 1.28 bits per heavy atom. The van der Waals surface area contributed by atoms with Crippen LogP contribution in [0.1, 0.15) is 0 Å². The van der Waals surface area contributed by atoms with Gasteiger partial charge in [-0.2, -0.15) is 13.4 Å². The van der Waals surface area contributed by atoms with Gasteiger partial charge in [-0.05, 0) is 0 Å². The van der Waals surface area contributed by atoms with Crippen LogP contribution in [0.3, 0.4) is 0 Å². The maximum atomic E-state index is 14.1. The van der Waals surface area contributed by atoms with Gasteiger partial charge in [0.05, 0.1) is 13.3 Å². The molecule has 0 bridgehead atoms. The van der Waals surface area contributed by atoms with Crippen LogP contribution in [-0.2, 0) is 17.1 Å². The van der Waals surface area contributed by atoms with Crippen molar-refractivity contribution in [3.8, 4) is 11.8 Å². The van der Waals surface area contributed by atoms with Crippen LogP contribution >= 0.6 is 0 Å². The van der Waals surface area contributed by atoms with Crippen molar-refractivity contribution in [2.45, 2.75) is 11.5 Å². The molecule has 0 spiro atoms. The van der Waals surface area contributed by atoms with E-state index in [2.05, 4.69) is 19.4 Å². The highest BCUT2D eigenvalue weighted by Gasteiger charge is 2.24. The normalized spacial score (nSPS) is 11.8. The monoisotopic (exact) mass is 433 g/mol. The summed E-state index contributed by atoms with van der Waals surface area (Å²) in [4.78, 5) is 19.4. The van der Waals surface area contributed by atoms with Gasteiger partial charge >= 0.3 is 0 Å². The summed E-state index contributed by atoms with van der Waals surface area (Å²) < 4.78 is 77.8. The highest BCUT2D eigenvalue weighted by molar-refractivity contribution is 7.92. The van der Waals surface area contributed by atoms with Gasteiger partial charge in [0.2, 0.25) is 11.5 Å². The molecule has 0 aliphatic carbocycles. The van der Waals surface area contributed by atoms with Crippen LogP contribution in [0, 0.1) is 5.82 Å². The molecule has 1 N–H and O–H groups in total. The molecule has 14 heteroatoms. The third kappa shape index (κ3) is 3.96. The van der Waals surface area contributed by atoms with Gasteiger partial charge in [0.25, 0.3) is 27.9 Å². The van der Waals surface area contributed by atoms with Crippen LogP contribution in [0.15, 0.2) is 34.5 Å². The number of methoxy groups -OCH3 is 1. The van der Waals surface area contributed by atoms with Gasteiger partial charge in [-0.3, -0.25) is 13.9 Å². The minimum Gasteiger partial charge on any atom is -0.479 e. The van der Waals surface area contributed by atoms with Gasteiger partial charge in [0, 0.05) is 25.5 Å². The van der Waals surface area contributed by atoms with E-state index in [1.54, 1.807) is 0 Å². The molecule has 0 saturated carbocycles. The molecule has 0 radical (unpaired) electrons. The molecule has 156 valence electrons. The predicted molar refractivity (Wildman–Crippen MR) is 93.5 cm³/mol. The molecule has 0 amide bonds. The van der Waals surface area contributed by atoms with E-state index in [1.165, 1.54) is 24.0 Å². The maximum Gasteiger partial charge on any atom is 0.293 e.